The first kappa shape index (κ1) is 37.6. The fourth-order valence-electron chi connectivity index (χ4n) is 7.73. The Hall–Kier alpha value is -5.34. The summed E-state index contributed by atoms with van der Waals surface area (Å²) < 4.78 is 176. The number of halogens is 12. The van der Waals surface area contributed by atoms with Gasteiger partial charge in [0.1, 0.15) is 25.5 Å². The lowest BCUT2D eigenvalue weighted by Gasteiger charge is -2.34. The monoisotopic (exact) mass is 788 g/mol. The van der Waals surface area contributed by atoms with Crippen LogP contribution in [0.1, 0.15) is 22.3 Å². The van der Waals surface area contributed by atoms with Crippen molar-refractivity contribution in [1.82, 2.24) is 0 Å². The fraction of sp³-hybridized carbons (Fsp3) is 0.190. The van der Waals surface area contributed by atoms with Gasteiger partial charge in [0, 0.05) is 20.9 Å². The first-order valence-corrected chi connectivity index (χ1v) is 17.1. The Morgan fingerprint density at radius 3 is 1.11 bits per heavy atom. The molecule has 56 heavy (non-hydrogen) atoms. The lowest BCUT2D eigenvalue weighted by molar-refractivity contribution is -0.782. The van der Waals surface area contributed by atoms with Gasteiger partial charge in [0.05, 0.1) is 35.5 Å². The van der Waals surface area contributed by atoms with Crippen molar-refractivity contribution in [3.8, 4) is 22.3 Å². The van der Waals surface area contributed by atoms with E-state index >= 15 is 0 Å². The molecule has 0 saturated carbocycles. The summed E-state index contributed by atoms with van der Waals surface area (Å²) in [5, 5.41) is 2.94. The second-order valence-electron chi connectivity index (χ2n) is 13.9. The summed E-state index contributed by atoms with van der Waals surface area (Å²) >= 11 is 0. The van der Waals surface area contributed by atoms with Crippen LogP contribution in [0, 0.1) is 10.4 Å². The van der Waals surface area contributed by atoms with E-state index < -0.39 is 58.1 Å². The number of benzene rings is 6. The Labute approximate surface area is 309 Å². The van der Waals surface area contributed by atoms with Crippen LogP contribution in [0.4, 0.5) is 52.7 Å². The van der Waals surface area contributed by atoms with E-state index in [0.717, 1.165) is 0 Å². The van der Waals surface area contributed by atoms with Gasteiger partial charge < -0.3 is 4.74 Å². The van der Waals surface area contributed by atoms with Crippen molar-refractivity contribution in [3.05, 3.63) is 140 Å². The van der Waals surface area contributed by atoms with Crippen LogP contribution in [-0.2, 0) is 29.4 Å². The topological polar surface area (TPSA) is 9.23 Å². The molecule has 0 N–H and O–H groups in total. The minimum atomic E-state index is -5.16. The first-order chi connectivity index (χ1) is 26.2. The number of quaternary nitrogens is 1. The highest BCUT2D eigenvalue weighted by Crippen LogP contribution is 2.41. The molecule has 0 amide bonds. The molecule has 0 aliphatic carbocycles. The molecular formula is C42H26F12NO+. The van der Waals surface area contributed by atoms with E-state index in [9.17, 15) is 52.7 Å². The standard InChI is InChI=1S/C42H26F12NO/c43-39(44,45)27-13-25(14-28(19-27)40(46,47)48)33-17-23-5-1-3-7-31(23)37-35(33)21-55(9-11-56-12-10-55)22-36-34(18-24-6-2-4-8-32(24)38(36)37)26-15-29(41(49,50)51)20-30(16-26)42(52,53)54/h1-8,13-22H,9-12H2/q+1. The summed E-state index contributed by atoms with van der Waals surface area (Å²) in [6, 6.07) is 18.9. The lowest BCUT2D eigenvalue weighted by Crippen LogP contribution is -2.48. The quantitative estimate of drug-likeness (QED) is 0.125. The molecule has 0 aromatic heterocycles. The minimum absolute atomic E-state index is 0.00783. The van der Waals surface area contributed by atoms with E-state index in [4.69, 9.17) is 4.74 Å². The number of hydrogen-bond donors (Lipinski definition) is 0. The van der Waals surface area contributed by atoms with E-state index in [0.29, 0.717) is 56.2 Å². The SMILES string of the molecule is FC(F)(F)c1cc(-c2cc3ccccc3c3c2=C[N+]2(C=c4c(-c5cc(C(F)(F)F)cc(C(F)(F)F)c5)cc5ccccc5c4=3)CCOCC2)cc(C(F)(F)F)c1. The van der Waals surface area contributed by atoms with Gasteiger partial charge >= 0.3 is 24.7 Å². The van der Waals surface area contributed by atoms with Crippen molar-refractivity contribution < 1.29 is 61.9 Å². The zero-order chi connectivity index (χ0) is 40.0. The largest absolute Gasteiger partial charge is 0.416 e. The van der Waals surface area contributed by atoms with Crippen LogP contribution in [0.25, 0.3) is 56.2 Å². The summed E-state index contributed by atoms with van der Waals surface area (Å²) in [4.78, 5) is 0. The van der Waals surface area contributed by atoms with E-state index in [1.165, 1.54) is 12.1 Å². The zero-order valence-electron chi connectivity index (χ0n) is 28.6. The highest BCUT2D eigenvalue weighted by molar-refractivity contribution is 5.93. The Morgan fingerprint density at radius 2 is 0.768 bits per heavy atom. The molecule has 2 aliphatic rings. The van der Waals surface area contributed by atoms with Crippen LogP contribution < -0.4 is 10.4 Å². The number of morpholine rings is 1. The van der Waals surface area contributed by atoms with Crippen LogP contribution in [0.5, 0.6) is 0 Å². The summed E-state index contributed by atoms with van der Waals surface area (Å²) in [5.41, 5.74) is -6.89. The van der Waals surface area contributed by atoms with Crippen molar-refractivity contribution in [2.45, 2.75) is 24.7 Å². The van der Waals surface area contributed by atoms with E-state index in [1.807, 2.05) is 0 Å². The predicted octanol–water partition coefficient (Wildman–Crippen LogP) is 11.0. The third-order valence-corrected chi connectivity index (χ3v) is 10.3. The molecule has 2 aliphatic heterocycles. The number of ether oxygens (including phenoxy) is 1. The average molecular weight is 789 g/mol. The summed E-state index contributed by atoms with van der Waals surface area (Å²) in [7, 11) is 0. The van der Waals surface area contributed by atoms with Crippen LogP contribution in [0.3, 0.4) is 0 Å². The zero-order valence-corrected chi connectivity index (χ0v) is 28.6. The lowest BCUT2D eigenvalue weighted by atomic mass is 9.90. The maximum absolute atomic E-state index is 14.2. The van der Waals surface area contributed by atoms with Crippen molar-refractivity contribution in [2.24, 2.45) is 0 Å². The summed E-state index contributed by atoms with van der Waals surface area (Å²) in [5.74, 6) is 0. The van der Waals surface area contributed by atoms with Gasteiger partial charge in [-0.15, -0.1) is 0 Å². The molecule has 6 aromatic carbocycles. The molecular weight excluding hydrogens is 762 g/mol. The van der Waals surface area contributed by atoms with Gasteiger partial charge in [-0.2, -0.15) is 52.7 Å². The first-order valence-electron chi connectivity index (χ1n) is 17.1. The Kier molecular flexibility index (Phi) is 8.62. The molecule has 0 atom stereocenters. The number of nitrogens with zero attached hydrogens (tertiary/aromatic N) is 1. The van der Waals surface area contributed by atoms with Crippen molar-refractivity contribution in [2.75, 3.05) is 26.3 Å². The van der Waals surface area contributed by atoms with Gasteiger partial charge in [-0.1, -0.05) is 48.5 Å². The Bertz CT molecular complexity index is 2540. The molecule has 14 heteroatoms. The van der Waals surface area contributed by atoms with Gasteiger partial charge in [0.2, 0.25) is 0 Å². The predicted molar refractivity (Wildman–Crippen MR) is 185 cm³/mol. The highest BCUT2D eigenvalue weighted by Gasteiger charge is 2.39. The normalized spacial score (nSPS) is 15.9. The minimum Gasteiger partial charge on any atom is -0.370 e. The molecule has 6 aromatic rings. The molecule has 8 rings (SSSR count). The molecule has 1 saturated heterocycles. The molecule has 1 fully saturated rings. The molecule has 0 radical (unpaired) electrons. The van der Waals surface area contributed by atoms with E-state index in [1.54, 1.807) is 60.9 Å². The van der Waals surface area contributed by atoms with Gasteiger partial charge in [-0.25, -0.2) is 0 Å². The third kappa shape index (κ3) is 6.68. The van der Waals surface area contributed by atoms with Crippen LogP contribution in [0.2, 0.25) is 0 Å². The third-order valence-electron chi connectivity index (χ3n) is 10.3. The van der Waals surface area contributed by atoms with Crippen molar-refractivity contribution in [3.63, 3.8) is 0 Å². The second kappa shape index (κ2) is 12.8. The second-order valence-corrected chi connectivity index (χ2v) is 13.9. The molecule has 2 nitrogen and oxygen atoms in total. The molecule has 1 spiro atoms. The van der Waals surface area contributed by atoms with Gasteiger partial charge in [-0.3, -0.25) is 4.48 Å². The van der Waals surface area contributed by atoms with Gasteiger partial charge in [0.25, 0.3) is 0 Å². The average Bonchev–Trinajstić information content (AvgIpc) is 3.27. The van der Waals surface area contributed by atoms with Crippen molar-refractivity contribution in [1.29, 1.82) is 0 Å². The maximum atomic E-state index is 14.2. The van der Waals surface area contributed by atoms with E-state index in [2.05, 4.69) is 0 Å². The van der Waals surface area contributed by atoms with Gasteiger partial charge in [0.15, 0.2) is 0 Å². The number of fused-ring (bicyclic) bond motifs is 6. The van der Waals surface area contributed by atoms with Crippen LogP contribution in [0.15, 0.2) is 97.1 Å². The molecule has 0 bridgehead atoms. The molecule has 288 valence electrons. The number of alkyl halides is 12. The van der Waals surface area contributed by atoms with E-state index in [-0.39, 0.29) is 64.5 Å². The Morgan fingerprint density at radius 1 is 0.429 bits per heavy atom. The molecule has 0 unspecified atom stereocenters. The number of rotatable bonds is 2. The summed E-state index contributed by atoms with van der Waals surface area (Å²) in [6.45, 7) is 0.606. The Balaban J connectivity index is 1.66. The smallest absolute Gasteiger partial charge is 0.370 e. The summed E-state index contributed by atoms with van der Waals surface area (Å²) in [6.07, 6.45) is -17.2. The highest BCUT2D eigenvalue weighted by atomic mass is 19.4. The van der Waals surface area contributed by atoms with Crippen molar-refractivity contribution >= 4 is 33.9 Å². The van der Waals surface area contributed by atoms with Gasteiger partial charge in [-0.05, 0) is 92.3 Å². The number of hydrogen-bond acceptors (Lipinski definition) is 1. The fourth-order valence-corrected chi connectivity index (χ4v) is 7.73. The van der Waals surface area contributed by atoms with Crippen LogP contribution >= 0.6 is 0 Å². The maximum Gasteiger partial charge on any atom is 0.416 e. The molecule has 2 heterocycles. The van der Waals surface area contributed by atoms with Crippen LogP contribution in [-0.4, -0.2) is 30.8 Å².